The molecule has 0 aliphatic carbocycles. The minimum Gasteiger partial charge on any atom is -0.389 e. The van der Waals surface area contributed by atoms with Gasteiger partial charge in [-0.05, 0) is 20.8 Å². The molecule has 0 radical (unpaired) electrons. The van der Waals surface area contributed by atoms with Crippen molar-refractivity contribution in [3.05, 3.63) is 0 Å². The second-order valence-electron chi connectivity index (χ2n) is 6.48. The molecule has 0 aliphatic heterocycles. The molecule has 0 heterocycles. The van der Waals surface area contributed by atoms with Gasteiger partial charge in [0.15, 0.2) is 0 Å². The lowest BCUT2D eigenvalue weighted by Crippen LogP contribution is -2.43. The Balaban J connectivity index is 4.19. The summed E-state index contributed by atoms with van der Waals surface area (Å²) in [6.45, 7) is 11.9. The third-order valence-electron chi connectivity index (χ3n) is 2.62. The van der Waals surface area contributed by atoms with Crippen LogP contribution in [0, 0.1) is 5.41 Å². The highest BCUT2D eigenvalue weighted by molar-refractivity contribution is 5.82. The highest BCUT2D eigenvalue weighted by Gasteiger charge is 2.23. The lowest BCUT2D eigenvalue weighted by molar-refractivity contribution is -0.134. The van der Waals surface area contributed by atoms with Crippen molar-refractivity contribution >= 4 is 11.8 Å². The molecule has 2 N–H and O–H groups in total. The number of nitrogens with one attached hydrogen (secondary N) is 1. The zero-order valence-electron chi connectivity index (χ0n) is 13.0. The van der Waals surface area contributed by atoms with Crippen molar-refractivity contribution in [2.75, 3.05) is 19.6 Å². The second kappa shape index (κ2) is 6.89. The molecule has 19 heavy (non-hydrogen) atoms. The monoisotopic (exact) mass is 272 g/mol. The number of hydrogen-bond acceptors (Lipinski definition) is 3. The van der Waals surface area contributed by atoms with E-state index >= 15 is 0 Å². The first-order valence-electron chi connectivity index (χ1n) is 6.76. The van der Waals surface area contributed by atoms with E-state index in [2.05, 4.69) is 5.32 Å². The van der Waals surface area contributed by atoms with Gasteiger partial charge in [0.1, 0.15) is 0 Å². The van der Waals surface area contributed by atoms with Gasteiger partial charge in [0, 0.05) is 31.5 Å². The van der Waals surface area contributed by atoms with Crippen molar-refractivity contribution in [1.82, 2.24) is 10.2 Å². The topological polar surface area (TPSA) is 69.6 Å². The Morgan fingerprint density at radius 1 is 1.16 bits per heavy atom. The number of rotatable bonds is 6. The summed E-state index contributed by atoms with van der Waals surface area (Å²) in [7, 11) is 0. The van der Waals surface area contributed by atoms with E-state index in [-0.39, 0.29) is 18.2 Å². The van der Waals surface area contributed by atoms with Gasteiger partial charge in [-0.2, -0.15) is 0 Å². The van der Waals surface area contributed by atoms with Crippen LogP contribution >= 0.6 is 0 Å². The van der Waals surface area contributed by atoms with Crippen molar-refractivity contribution < 1.29 is 14.7 Å². The van der Waals surface area contributed by atoms with E-state index in [0.717, 1.165) is 0 Å². The summed E-state index contributed by atoms with van der Waals surface area (Å²) in [6.07, 6.45) is 0.256. The van der Waals surface area contributed by atoms with Crippen LogP contribution in [0.15, 0.2) is 0 Å². The van der Waals surface area contributed by atoms with Crippen LogP contribution in [0.4, 0.5) is 0 Å². The third kappa shape index (κ3) is 7.82. The van der Waals surface area contributed by atoms with E-state index in [9.17, 15) is 14.7 Å². The lowest BCUT2D eigenvalue weighted by Gasteiger charge is -2.28. The van der Waals surface area contributed by atoms with E-state index in [0.29, 0.717) is 19.6 Å². The number of nitrogens with zero attached hydrogens (tertiary/aromatic N) is 1. The molecule has 0 aromatic heterocycles. The summed E-state index contributed by atoms with van der Waals surface area (Å²) >= 11 is 0. The molecule has 0 aromatic carbocycles. The minimum absolute atomic E-state index is 0.0566. The maximum atomic E-state index is 11.9. The summed E-state index contributed by atoms with van der Waals surface area (Å²) in [6, 6.07) is 0. The lowest BCUT2D eigenvalue weighted by atomic mass is 9.96. The predicted molar refractivity (Wildman–Crippen MR) is 75.6 cm³/mol. The number of aliphatic hydroxyl groups is 1. The molecule has 0 saturated heterocycles. The van der Waals surface area contributed by atoms with E-state index in [1.807, 2.05) is 27.7 Å². The standard InChI is InChI=1S/C14H28N2O3/c1-7-16(10-14(5,6)19)11(17)8-9-15-12(18)13(2,3)4/h19H,7-10H2,1-6H3,(H,15,18). The van der Waals surface area contributed by atoms with E-state index in [1.54, 1.807) is 18.7 Å². The molecule has 0 aromatic rings. The Morgan fingerprint density at radius 2 is 1.68 bits per heavy atom. The molecule has 0 aliphatic rings. The molecule has 5 heteroatoms. The fourth-order valence-corrected chi connectivity index (χ4v) is 1.55. The van der Waals surface area contributed by atoms with Gasteiger partial charge < -0.3 is 15.3 Å². The van der Waals surface area contributed by atoms with Gasteiger partial charge in [0.05, 0.1) is 5.60 Å². The first-order chi connectivity index (χ1) is 8.47. The van der Waals surface area contributed by atoms with Crippen molar-refractivity contribution in [2.45, 2.75) is 53.6 Å². The Morgan fingerprint density at radius 3 is 2.05 bits per heavy atom. The average Bonchev–Trinajstić information content (AvgIpc) is 2.22. The average molecular weight is 272 g/mol. The fraction of sp³-hybridized carbons (Fsp3) is 0.857. The molecule has 0 atom stereocenters. The summed E-state index contributed by atoms with van der Waals surface area (Å²) < 4.78 is 0. The van der Waals surface area contributed by atoms with Crippen molar-refractivity contribution in [3.63, 3.8) is 0 Å². The van der Waals surface area contributed by atoms with Crippen LogP contribution in [0.2, 0.25) is 0 Å². The van der Waals surface area contributed by atoms with Crippen LogP contribution in [0.25, 0.3) is 0 Å². The van der Waals surface area contributed by atoms with Crippen molar-refractivity contribution in [1.29, 1.82) is 0 Å². The van der Waals surface area contributed by atoms with Crippen LogP contribution in [0.5, 0.6) is 0 Å². The molecule has 0 bridgehead atoms. The maximum Gasteiger partial charge on any atom is 0.225 e. The molecule has 0 rings (SSSR count). The number of carbonyl (C=O) groups is 2. The quantitative estimate of drug-likeness (QED) is 0.762. The van der Waals surface area contributed by atoms with Gasteiger partial charge in [-0.25, -0.2) is 0 Å². The molecular formula is C14H28N2O3. The second-order valence-corrected chi connectivity index (χ2v) is 6.48. The Labute approximate surface area is 116 Å². The zero-order valence-corrected chi connectivity index (χ0v) is 13.0. The van der Waals surface area contributed by atoms with Crippen LogP contribution in [-0.4, -0.2) is 47.1 Å². The van der Waals surface area contributed by atoms with Crippen LogP contribution in [0.3, 0.4) is 0 Å². The SMILES string of the molecule is CCN(CC(C)(C)O)C(=O)CCNC(=O)C(C)(C)C. The van der Waals surface area contributed by atoms with Gasteiger partial charge in [0.25, 0.3) is 0 Å². The largest absolute Gasteiger partial charge is 0.389 e. The smallest absolute Gasteiger partial charge is 0.225 e. The molecule has 112 valence electrons. The highest BCUT2D eigenvalue weighted by atomic mass is 16.3. The van der Waals surface area contributed by atoms with Crippen LogP contribution in [0.1, 0.15) is 48.0 Å². The normalized spacial score (nSPS) is 12.2. The van der Waals surface area contributed by atoms with E-state index in [1.165, 1.54) is 0 Å². The molecule has 0 saturated carbocycles. The molecular weight excluding hydrogens is 244 g/mol. The molecule has 0 fully saturated rings. The summed E-state index contributed by atoms with van der Waals surface area (Å²) in [5.74, 6) is -0.121. The van der Waals surface area contributed by atoms with Gasteiger partial charge in [-0.1, -0.05) is 20.8 Å². The van der Waals surface area contributed by atoms with Crippen LogP contribution in [-0.2, 0) is 9.59 Å². The van der Waals surface area contributed by atoms with E-state index < -0.39 is 11.0 Å². The Hall–Kier alpha value is -1.10. The summed E-state index contributed by atoms with van der Waals surface area (Å²) in [5, 5.41) is 12.5. The molecule has 0 spiro atoms. The van der Waals surface area contributed by atoms with Gasteiger partial charge >= 0.3 is 0 Å². The Bertz CT molecular complexity index is 314. The highest BCUT2D eigenvalue weighted by Crippen LogP contribution is 2.12. The maximum absolute atomic E-state index is 11.9. The van der Waals surface area contributed by atoms with Gasteiger partial charge in [0.2, 0.25) is 11.8 Å². The summed E-state index contributed by atoms with van der Waals surface area (Å²) in [4.78, 5) is 25.2. The first-order valence-corrected chi connectivity index (χ1v) is 6.76. The third-order valence-corrected chi connectivity index (χ3v) is 2.62. The van der Waals surface area contributed by atoms with Crippen molar-refractivity contribution in [3.8, 4) is 0 Å². The molecule has 0 unspecified atom stereocenters. The summed E-state index contributed by atoms with van der Waals surface area (Å²) in [5.41, 5.74) is -1.35. The zero-order chi connectivity index (χ0) is 15.3. The number of hydrogen-bond donors (Lipinski definition) is 2. The van der Waals surface area contributed by atoms with Crippen molar-refractivity contribution in [2.24, 2.45) is 5.41 Å². The number of likely N-dealkylation sites (N-methyl/N-ethyl adjacent to an activating group) is 1. The molecule has 2 amide bonds. The van der Waals surface area contributed by atoms with E-state index in [4.69, 9.17) is 0 Å². The van der Waals surface area contributed by atoms with Gasteiger partial charge in [-0.3, -0.25) is 9.59 Å². The Kier molecular flexibility index (Phi) is 6.49. The fourth-order valence-electron chi connectivity index (χ4n) is 1.55. The number of carbonyl (C=O) groups excluding carboxylic acids is 2. The minimum atomic E-state index is -0.902. The number of amides is 2. The first kappa shape index (κ1) is 17.9. The van der Waals surface area contributed by atoms with Gasteiger partial charge in [-0.15, -0.1) is 0 Å². The molecule has 5 nitrogen and oxygen atoms in total. The predicted octanol–water partition coefficient (Wildman–Crippen LogP) is 1.16. The van der Waals surface area contributed by atoms with Crippen LogP contribution < -0.4 is 5.32 Å².